The van der Waals surface area contributed by atoms with Gasteiger partial charge in [0.15, 0.2) is 0 Å². The molecule has 3 nitrogen and oxygen atoms in total. The standard InChI is InChI=1S/C12H22N2O/c1-5-6-7-11-10(4)12(15)13-14(11)8-9(2)3/h9H,5-8H2,1-4H3,(H,13,15). The quantitative estimate of drug-likeness (QED) is 0.796. The van der Waals surface area contributed by atoms with Gasteiger partial charge in [-0.1, -0.05) is 27.2 Å². The van der Waals surface area contributed by atoms with Crippen LogP contribution in [-0.2, 0) is 13.0 Å². The van der Waals surface area contributed by atoms with Gasteiger partial charge >= 0.3 is 0 Å². The number of rotatable bonds is 5. The molecule has 0 atom stereocenters. The monoisotopic (exact) mass is 210 g/mol. The Kier molecular flexibility index (Phi) is 4.18. The zero-order chi connectivity index (χ0) is 11.4. The third kappa shape index (κ3) is 2.98. The average Bonchev–Trinajstić information content (AvgIpc) is 2.40. The Bertz CT molecular complexity index is 360. The van der Waals surface area contributed by atoms with Gasteiger partial charge in [0.25, 0.3) is 5.56 Å². The second-order valence-corrected chi connectivity index (χ2v) is 4.62. The molecule has 0 aromatic carbocycles. The number of nitrogens with zero attached hydrogens (tertiary/aromatic N) is 1. The Balaban J connectivity index is 2.93. The van der Waals surface area contributed by atoms with Crippen molar-refractivity contribution in [1.29, 1.82) is 0 Å². The van der Waals surface area contributed by atoms with Crippen LogP contribution >= 0.6 is 0 Å². The number of unbranched alkanes of at least 4 members (excludes halogenated alkanes) is 1. The fourth-order valence-corrected chi connectivity index (χ4v) is 1.80. The highest BCUT2D eigenvalue weighted by Gasteiger charge is 2.10. The minimum Gasteiger partial charge on any atom is -0.289 e. The van der Waals surface area contributed by atoms with Crippen molar-refractivity contribution in [3.63, 3.8) is 0 Å². The molecule has 0 aliphatic rings. The molecule has 0 amide bonds. The Morgan fingerprint density at radius 2 is 2.07 bits per heavy atom. The van der Waals surface area contributed by atoms with Gasteiger partial charge in [0, 0.05) is 17.8 Å². The molecule has 1 N–H and O–H groups in total. The third-order valence-corrected chi connectivity index (χ3v) is 2.65. The van der Waals surface area contributed by atoms with Crippen LogP contribution in [-0.4, -0.2) is 9.78 Å². The Morgan fingerprint density at radius 3 is 2.60 bits per heavy atom. The summed E-state index contributed by atoms with van der Waals surface area (Å²) in [6, 6.07) is 0. The van der Waals surface area contributed by atoms with Crippen molar-refractivity contribution in [2.24, 2.45) is 5.92 Å². The van der Waals surface area contributed by atoms with E-state index in [1.54, 1.807) is 0 Å². The maximum absolute atomic E-state index is 11.5. The molecule has 0 unspecified atom stereocenters. The molecule has 3 heteroatoms. The summed E-state index contributed by atoms with van der Waals surface area (Å²) >= 11 is 0. The molecule has 0 aliphatic carbocycles. The fraction of sp³-hybridized carbons (Fsp3) is 0.750. The van der Waals surface area contributed by atoms with Gasteiger partial charge in [-0.05, 0) is 25.7 Å². The second kappa shape index (κ2) is 5.19. The number of hydrogen-bond donors (Lipinski definition) is 1. The van der Waals surface area contributed by atoms with Crippen LogP contribution < -0.4 is 5.56 Å². The van der Waals surface area contributed by atoms with E-state index in [2.05, 4.69) is 25.9 Å². The summed E-state index contributed by atoms with van der Waals surface area (Å²) in [6.45, 7) is 9.32. The molecule has 0 aliphatic heterocycles. The molecule has 0 saturated carbocycles. The fourth-order valence-electron chi connectivity index (χ4n) is 1.80. The SMILES string of the molecule is CCCCc1c(C)c(=O)[nH]n1CC(C)C. The first-order valence-electron chi connectivity index (χ1n) is 5.84. The minimum absolute atomic E-state index is 0.0711. The van der Waals surface area contributed by atoms with Crippen molar-refractivity contribution in [2.75, 3.05) is 0 Å². The van der Waals surface area contributed by atoms with E-state index in [-0.39, 0.29) is 5.56 Å². The van der Waals surface area contributed by atoms with Crippen LogP contribution in [0.3, 0.4) is 0 Å². The molecular weight excluding hydrogens is 188 g/mol. The Morgan fingerprint density at radius 1 is 1.40 bits per heavy atom. The predicted octanol–water partition coefficient (Wildman–Crippen LogP) is 2.48. The van der Waals surface area contributed by atoms with E-state index in [9.17, 15) is 4.79 Å². The molecule has 0 bridgehead atoms. The summed E-state index contributed by atoms with van der Waals surface area (Å²) < 4.78 is 2.03. The maximum Gasteiger partial charge on any atom is 0.267 e. The summed E-state index contributed by atoms with van der Waals surface area (Å²) in [5, 5.41) is 2.91. The van der Waals surface area contributed by atoms with Gasteiger partial charge in [0.1, 0.15) is 0 Å². The number of aromatic amines is 1. The topological polar surface area (TPSA) is 37.8 Å². The average molecular weight is 210 g/mol. The van der Waals surface area contributed by atoms with Crippen LogP contribution in [0.5, 0.6) is 0 Å². The van der Waals surface area contributed by atoms with Crippen molar-refractivity contribution >= 4 is 0 Å². The summed E-state index contributed by atoms with van der Waals surface area (Å²) in [4.78, 5) is 11.5. The molecule has 15 heavy (non-hydrogen) atoms. The molecule has 0 fully saturated rings. The van der Waals surface area contributed by atoms with E-state index in [4.69, 9.17) is 0 Å². The van der Waals surface area contributed by atoms with Crippen LogP contribution in [0.1, 0.15) is 44.9 Å². The van der Waals surface area contributed by atoms with Crippen LogP contribution in [0.4, 0.5) is 0 Å². The summed E-state index contributed by atoms with van der Waals surface area (Å²) in [5.41, 5.74) is 2.15. The van der Waals surface area contributed by atoms with Gasteiger partial charge in [-0.25, -0.2) is 0 Å². The summed E-state index contributed by atoms with van der Waals surface area (Å²) in [7, 11) is 0. The van der Waals surface area contributed by atoms with Crippen molar-refractivity contribution < 1.29 is 0 Å². The van der Waals surface area contributed by atoms with Gasteiger partial charge < -0.3 is 0 Å². The molecule has 1 aromatic heterocycles. The second-order valence-electron chi connectivity index (χ2n) is 4.62. The molecule has 86 valence electrons. The van der Waals surface area contributed by atoms with E-state index in [1.165, 1.54) is 12.1 Å². The van der Waals surface area contributed by atoms with Crippen molar-refractivity contribution in [1.82, 2.24) is 9.78 Å². The molecule has 0 radical (unpaired) electrons. The Hall–Kier alpha value is -0.990. The van der Waals surface area contributed by atoms with Crippen molar-refractivity contribution in [3.05, 3.63) is 21.6 Å². The molecule has 1 rings (SSSR count). The molecule has 1 aromatic rings. The predicted molar refractivity (Wildman–Crippen MR) is 63.2 cm³/mol. The zero-order valence-corrected chi connectivity index (χ0v) is 10.3. The molecule has 0 saturated heterocycles. The van der Waals surface area contributed by atoms with Crippen molar-refractivity contribution in [3.8, 4) is 0 Å². The van der Waals surface area contributed by atoms with E-state index >= 15 is 0 Å². The number of hydrogen-bond acceptors (Lipinski definition) is 1. The zero-order valence-electron chi connectivity index (χ0n) is 10.3. The van der Waals surface area contributed by atoms with Crippen LogP contribution in [0.2, 0.25) is 0 Å². The summed E-state index contributed by atoms with van der Waals surface area (Å²) in [6.07, 6.45) is 3.32. The van der Waals surface area contributed by atoms with Crippen LogP contribution in [0.25, 0.3) is 0 Å². The van der Waals surface area contributed by atoms with E-state index in [0.29, 0.717) is 5.92 Å². The lowest BCUT2D eigenvalue weighted by atomic mass is 10.1. The molecular formula is C12H22N2O. The number of aromatic nitrogens is 2. The van der Waals surface area contributed by atoms with E-state index < -0.39 is 0 Å². The highest BCUT2D eigenvalue weighted by molar-refractivity contribution is 5.16. The van der Waals surface area contributed by atoms with Gasteiger partial charge in [0.2, 0.25) is 0 Å². The molecule has 1 heterocycles. The lowest BCUT2D eigenvalue weighted by molar-refractivity contribution is 0.463. The smallest absolute Gasteiger partial charge is 0.267 e. The first-order chi connectivity index (χ1) is 7.06. The van der Waals surface area contributed by atoms with Gasteiger partial charge in [-0.3, -0.25) is 14.6 Å². The lowest BCUT2D eigenvalue weighted by Gasteiger charge is -2.11. The number of nitrogens with one attached hydrogen (secondary N) is 1. The molecule has 0 spiro atoms. The minimum atomic E-state index is 0.0711. The van der Waals surface area contributed by atoms with Crippen LogP contribution in [0, 0.1) is 12.8 Å². The van der Waals surface area contributed by atoms with Gasteiger partial charge in [-0.15, -0.1) is 0 Å². The largest absolute Gasteiger partial charge is 0.289 e. The highest BCUT2D eigenvalue weighted by Crippen LogP contribution is 2.09. The highest BCUT2D eigenvalue weighted by atomic mass is 16.1. The maximum atomic E-state index is 11.5. The normalized spacial score (nSPS) is 11.3. The first kappa shape index (κ1) is 12.1. The van der Waals surface area contributed by atoms with Gasteiger partial charge in [0.05, 0.1) is 0 Å². The summed E-state index contributed by atoms with van der Waals surface area (Å²) in [5.74, 6) is 0.563. The van der Waals surface area contributed by atoms with Crippen LogP contribution in [0.15, 0.2) is 4.79 Å². The van der Waals surface area contributed by atoms with E-state index in [1.807, 2.05) is 11.6 Å². The Labute approximate surface area is 91.5 Å². The van der Waals surface area contributed by atoms with Crippen molar-refractivity contribution in [2.45, 2.75) is 53.5 Å². The van der Waals surface area contributed by atoms with Gasteiger partial charge in [-0.2, -0.15) is 0 Å². The number of H-pyrrole nitrogens is 1. The first-order valence-corrected chi connectivity index (χ1v) is 5.84. The lowest BCUT2D eigenvalue weighted by Crippen LogP contribution is -2.11. The van der Waals surface area contributed by atoms with E-state index in [0.717, 1.165) is 24.9 Å². The third-order valence-electron chi connectivity index (χ3n) is 2.65.